The Bertz CT molecular complexity index is 592. The highest BCUT2D eigenvalue weighted by molar-refractivity contribution is 5.92. The number of nitrogens with zero attached hydrogens (tertiary/aromatic N) is 3. The average molecular weight is 271 g/mol. The van der Waals surface area contributed by atoms with Gasteiger partial charge in [-0.3, -0.25) is 0 Å². The summed E-state index contributed by atoms with van der Waals surface area (Å²) in [6.07, 6.45) is 4.29. The van der Waals surface area contributed by atoms with Crippen molar-refractivity contribution >= 4 is 16.7 Å². The molecule has 1 atom stereocenters. The maximum atomic E-state index is 5.79. The van der Waals surface area contributed by atoms with E-state index >= 15 is 0 Å². The Morgan fingerprint density at radius 3 is 3.10 bits per heavy atom. The van der Waals surface area contributed by atoms with Crippen LogP contribution in [0.2, 0.25) is 0 Å². The molecule has 1 aromatic carbocycles. The van der Waals surface area contributed by atoms with Crippen molar-refractivity contribution in [2.75, 3.05) is 24.6 Å². The van der Waals surface area contributed by atoms with Crippen molar-refractivity contribution in [2.24, 2.45) is 0 Å². The van der Waals surface area contributed by atoms with Crippen LogP contribution in [0.1, 0.15) is 25.3 Å². The number of piperidine rings is 1. The standard InChI is InChI=1S/C16H21N3O/c1-3-20-13-7-5-9-19(10-13)16-15-12(2)6-4-8-14(15)17-11-18-16/h4,6,8,11,13H,3,5,7,9-10H2,1-2H3/t13-/m0/s1. The molecule has 2 heterocycles. The number of fused-ring (bicyclic) bond motifs is 1. The summed E-state index contributed by atoms with van der Waals surface area (Å²) in [7, 11) is 0. The van der Waals surface area contributed by atoms with Gasteiger partial charge in [-0.05, 0) is 38.3 Å². The lowest BCUT2D eigenvalue weighted by molar-refractivity contribution is 0.0525. The van der Waals surface area contributed by atoms with E-state index < -0.39 is 0 Å². The Morgan fingerprint density at radius 1 is 1.35 bits per heavy atom. The van der Waals surface area contributed by atoms with E-state index in [-0.39, 0.29) is 0 Å². The Balaban J connectivity index is 1.97. The molecular formula is C16H21N3O. The molecule has 1 aliphatic rings. The van der Waals surface area contributed by atoms with Gasteiger partial charge in [-0.15, -0.1) is 0 Å². The predicted molar refractivity (Wildman–Crippen MR) is 81.1 cm³/mol. The number of hydrogen-bond donors (Lipinski definition) is 0. The number of aromatic nitrogens is 2. The van der Waals surface area contributed by atoms with Crippen LogP contribution in [0.15, 0.2) is 24.5 Å². The maximum Gasteiger partial charge on any atom is 0.140 e. The van der Waals surface area contributed by atoms with Crippen LogP contribution in [0.25, 0.3) is 10.9 Å². The van der Waals surface area contributed by atoms with Gasteiger partial charge in [-0.1, -0.05) is 12.1 Å². The monoisotopic (exact) mass is 271 g/mol. The van der Waals surface area contributed by atoms with Crippen molar-refractivity contribution < 1.29 is 4.74 Å². The molecule has 4 nitrogen and oxygen atoms in total. The van der Waals surface area contributed by atoms with Crippen molar-refractivity contribution in [3.8, 4) is 0 Å². The summed E-state index contributed by atoms with van der Waals surface area (Å²) >= 11 is 0. The molecule has 3 rings (SSSR count). The Labute approximate surface area is 119 Å². The Kier molecular flexibility index (Phi) is 3.83. The van der Waals surface area contributed by atoms with E-state index in [1.54, 1.807) is 6.33 Å². The van der Waals surface area contributed by atoms with E-state index in [1.807, 2.05) is 6.07 Å². The molecule has 0 radical (unpaired) electrons. The SMILES string of the molecule is CCO[C@H]1CCCN(c2ncnc3cccc(C)c23)C1. The summed E-state index contributed by atoms with van der Waals surface area (Å²) in [6.45, 7) is 6.93. The normalized spacial score (nSPS) is 19.5. The van der Waals surface area contributed by atoms with Crippen LogP contribution in [0.4, 0.5) is 5.82 Å². The number of benzene rings is 1. The highest BCUT2D eigenvalue weighted by Crippen LogP contribution is 2.28. The topological polar surface area (TPSA) is 38.2 Å². The smallest absolute Gasteiger partial charge is 0.140 e. The third-order valence-electron chi connectivity index (χ3n) is 3.93. The van der Waals surface area contributed by atoms with E-state index in [0.29, 0.717) is 6.10 Å². The lowest BCUT2D eigenvalue weighted by atomic mass is 10.1. The number of rotatable bonds is 3. The fraction of sp³-hybridized carbons (Fsp3) is 0.500. The zero-order chi connectivity index (χ0) is 13.9. The van der Waals surface area contributed by atoms with Crippen LogP contribution >= 0.6 is 0 Å². The van der Waals surface area contributed by atoms with Gasteiger partial charge in [-0.2, -0.15) is 0 Å². The van der Waals surface area contributed by atoms with Crippen LogP contribution in [0, 0.1) is 6.92 Å². The van der Waals surface area contributed by atoms with Crippen LogP contribution in [0.5, 0.6) is 0 Å². The second-order valence-corrected chi connectivity index (χ2v) is 5.33. The van der Waals surface area contributed by atoms with Crippen molar-refractivity contribution in [1.29, 1.82) is 0 Å². The lowest BCUT2D eigenvalue weighted by Crippen LogP contribution is -2.40. The van der Waals surface area contributed by atoms with Crippen molar-refractivity contribution in [1.82, 2.24) is 9.97 Å². The third kappa shape index (κ3) is 2.48. The number of hydrogen-bond acceptors (Lipinski definition) is 4. The van der Waals surface area contributed by atoms with Crippen LogP contribution in [-0.2, 0) is 4.74 Å². The van der Waals surface area contributed by atoms with E-state index in [0.717, 1.165) is 43.9 Å². The predicted octanol–water partition coefficient (Wildman–Crippen LogP) is 2.94. The van der Waals surface area contributed by atoms with Crippen molar-refractivity contribution in [3.63, 3.8) is 0 Å². The van der Waals surface area contributed by atoms with Crippen LogP contribution in [-0.4, -0.2) is 35.8 Å². The molecule has 4 heteroatoms. The first kappa shape index (κ1) is 13.3. The quantitative estimate of drug-likeness (QED) is 0.860. The molecule has 1 saturated heterocycles. The molecule has 0 saturated carbocycles. The molecule has 0 bridgehead atoms. The fourth-order valence-corrected chi connectivity index (χ4v) is 3.00. The summed E-state index contributed by atoms with van der Waals surface area (Å²) in [5.74, 6) is 1.05. The average Bonchev–Trinajstić information content (AvgIpc) is 2.48. The summed E-state index contributed by atoms with van der Waals surface area (Å²) in [6, 6.07) is 6.23. The van der Waals surface area contributed by atoms with Gasteiger partial charge in [-0.25, -0.2) is 9.97 Å². The molecule has 0 unspecified atom stereocenters. The van der Waals surface area contributed by atoms with Gasteiger partial charge < -0.3 is 9.64 Å². The van der Waals surface area contributed by atoms with Crippen LogP contribution in [0.3, 0.4) is 0 Å². The molecule has 2 aromatic rings. The molecule has 0 spiro atoms. The van der Waals surface area contributed by atoms with Gasteiger partial charge in [0.05, 0.1) is 11.6 Å². The van der Waals surface area contributed by atoms with Gasteiger partial charge in [0.25, 0.3) is 0 Å². The number of anilines is 1. The molecule has 1 aromatic heterocycles. The molecule has 106 valence electrons. The first-order chi connectivity index (χ1) is 9.79. The molecule has 0 aliphatic carbocycles. The zero-order valence-electron chi connectivity index (χ0n) is 12.2. The second-order valence-electron chi connectivity index (χ2n) is 5.33. The maximum absolute atomic E-state index is 5.79. The van der Waals surface area contributed by atoms with E-state index in [9.17, 15) is 0 Å². The highest BCUT2D eigenvalue weighted by atomic mass is 16.5. The lowest BCUT2D eigenvalue weighted by Gasteiger charge is -2.34. The van der Waals surface area contributed by atoms with Gasteiger partial charge in [0.2, 0.25) is 0 Å². The molecule has 1 aliphatic heterocycles. The van der Waals surface area contributed by atoms with E-state index in [2.05, 4.69) is 40.8 Å². The highest BCUT2D eigenvalue weighted by Gasteiger charge is 2.23. The van der Waals surface area contributed by atoms with Gasteiger partial charge in [0, 0.05) is 25.1 Å². The van der Waals surface area contributed by atoms with E-state index in [1.165, 1.54) is 10.9 Å². The minimum Gasteiger partial charge on any atom is -0.377 e. The second kappa shape index (κ2) is 5.75. The zero-order valence-corrected chi connectivity index (χ0v) is 12.2. The minimum absolute atomic E-state index is 0.322. The van der Waals surface area contributed by atoms with Gasteiger partial charge in [0.1, 0.15) is 12.1 Å². The largest absolute Gasteiger partial charge is 0.377 e. The fourth-order valence-electron chi connectivity index (χ4n) is 3.00. The molecule has 0 N–H and O–H groups in total. The van der Waals surface area contributed by atoms with Crippen molar-refractivity contribution in [2.45, 2.75) is 32.8 Å². The van der Waals surface area contributed by atoms with Gasteiger partial charge >= 0.3 is 0 Å². The summed E-state index contributed by atoms with van der Waals surface area (Å²) in [5, 5.41) is 1.17. The van der Waals surface area contributed by atoms with Gasteiger partial charge in [0.15, 0.2) is 0 Å². The molecule has 20 heavy (non-hydrogen) atoms. The number of aryl methyl sites for hydroxylation is 1. The summed E-state index contributed by atoms with van der Waals surface area (Å²) in [4.78, 5) is 11.3. The molecular weight excluding hydrogens is 250 g/mol. The third-order valence-corrected chi connectivity index (χ3v) is 3.93. The van der Waals surface area contributed by atoms with Crippen molar-refractivity contribution in [3.05, 3.63) is 30.1 Å². The first-order valence-corrected chi connectivity index (χ1v) is 7.36. The number of ether oxygens (including phenoxy) is 1. The summed E-state index contributed by atoms with van der Waals surface area (Å²) in [5.41, 5.74) is 2.25. The summed E-state index contributed by atoms with van der Waals surface area (Å²) < 4.78 is 5.79. The van der Waals surface area contributed by atoms with E-state index in [4.69, 9.17) is 4.74 Å². The Hall–Kier alpha value is -1.68. The minimum atomic E-state index is 0.322. The molecule has 0 amide bonds. The van der Waals surface area contributed by atoms with Crippen LogP contribution < -0.4 is 4.90 Å². The first-order valence-electron chi connectivity index (χ1n) is 7.36. The molecule has 1 fully saturated rings. The Morgan fingerprint density at radius 2 is 2.25 bits per heavy atom.